The minimum absolute atomic E-state index is 0.253. The van der Waals surface area contributed by atoms with Crippen molar-refractivity contribution in [1.82, 2.24) is 15.0 Å². The first-order valence-corrected chi connectivity index (χ1v) is 8.28. The summed E-state index contributed by atoms with van der Waals surface area (Å²) in [4.78, 5) is 19.5. The van der Waals surface area contributed by atoms with E-state index in [4.69, 9.17) is 10.7 Å². The van der Waals surface area contributed by atoms with E-state index in [1.54, 1.807) is 18.0 Å². The zero-order chi connectivity index (χ0) is 15.9. The molecule has 0 saturated carbocycles. The molecule has 6 nitrogen and oxygen atoms in total. The molecule has 8 heteroatoms. The lowest BCUT2D eigenvalue weighted by Crippen LogP contribution is -2.40. The number of aliphatic imine (C=N–C) groups is 1. The van der Waals surface area contributed by atoms with Crippen LogP contribution in [0, 0.1) is 11.7 Å². The van der Waals surface area contributed by atoms with Gasteiger partial charge in [0.25, 0.3) is 0 Å². The maximum absolute atomic E-state index is 13.1. The number of halogens is 1. The molecular formula is C15H15FN6S. The average Bonchev–Trinajstić information content (AvgIpc) is 2.96. The molecule has 0 bridgehead atoms. The van der Waals surface area contributed by atoms with E-state index in [-0.39, 0.29) is 5.92 Å². The fourth-order valence-electron chi connectivity index (χ4n) is 3.22. The van der Waals surface area contributed by atoms with E-state index >= 15 is 0 Å². The third-order valence-electron chi connectivity index (χ3n) is 4.29. The number of pyridine rings is 1. The molecule has 2 aliphatic rings. The molecule has 1 unspecified atom stereocenters. The van der Waals surface area contributed by atoms with E-state index in [1.165, 1.54) is 12.4 Å². The predicted octanol–water partition coefficient (Wildman–Crippen LogP) is 1.40. The summed E-state index contributed by atoms with van der Waals surface area (Å²) in [5.41, 5.74) is 6.41. The lowest BCUT2D eigenvalue weighted by atomic mass is 9.85. The number of hydrogen-bond donors (Lipinski definition) is 1. The minimum atomic E-state index is -0.492. The number of hydrogen-bond acceptors (Lipinski definition) is 7. The number of nitrogens with zero attached hydrogens (tertiary/aromatic N) is 5. The Bertz CT molecular complexity index is 737. The molecule has 2 aromatic heterocycles. The van der Waals surface area contributed by atoms with Gasteiger partial charge in [0.05, 0.1) is 24.6 Å². The zero-order valence-electron chi connectivity index (χ0n) is 12.3. The molecular weight excluding hydrogens is 315 g/mol. The fraction of sp³-hybridized carbons (Fsp3) is 0.333. The van der Waals surface area contributed by atoms with Crippen LogP contribution < -0.4 is 10.6 Å². The lowest BCUT2D eigenvalue weighted by Gasteiger charge is -2.33. The summed E-state index contributed by atoms with van der Waals surface area (Å²) in [6.45, 7) is 1.33. The number of thioether (sulfide) groups is 1. The number of rotatable bonds is 2. The molecule has 1 fully saturated rings. The summed E-state index contributed by atoms with van der Waals surface area (Å²) in [5, 5.41) is 0.578. The van der Waals surface area contributed by atoms with Gasteiger partial charge in [0.1, 0.15) is 5.54 Å². The van der Waals surface area contributed by atoms with Crippen molar-refractivity contribution >= 4 is 22.9 Å². The van der Waals surface area contributed by atoms with Crippen molar-refractivity contribution < 1.29 is 4.39 Å². The third-order valence-corrected chi connectivity index (χ3v) is 5.24. The van der Waals surface area contributed by atoms with Crippen LogP contribution >= 0.6 is 11.8 Å². The van der Waals surface area contributed by atoms with Crippen molar-refractivity contribution in [3.63, 3.8) is 0 Å². The van der Waals surface area contributed by atoms with Crippen molar-refractivity contribution in [1.29, 1.82) is 0 Å². The van der Waals surface area contributed by atoms with Crippen LogP contribution in [0.1, 0.15) is 5.69 Å². The SMILES string of the molecule is NC1=NC2(c3ccccn3)CN(c3ncc(F)cn3)C[C@H]2CS1. The molecule has 0 aliphatic carbocycles. The average molecular weight is 330 g/mol. The van der Waals surface area contributed by atoms with Crippen LogP contribution in [0.3, 0.4) is 0 Å². The Labute approximate surface area is 137 Å². The Kier molecular flexibility index (Phi) is 3.41. The molecule has 2 aromatic rings. The molecule has 2 atom stereocenters. The first kappa shape index (κ1) is 14.4. The summed E-state index contributed by atoms with van der Waals surface area (Å²) in [6, 6.07) is 5.82. The molecule has 2 aliphatic heterocycles. The maximum Gasteiger partial charge on any atom is 0.225 e. The van der Waals surface area contributed by atoms with Gasteiger partial charge in [0.2, 0.25) is 5.95 Å². The van der Waals surface area contributed by atoms with E-state index in [9.17, 15) is 4.39 Å². The number of fused-ring (bicyclic) bond motifs is 1. The van der Waals surface area contributed by atoms with Crippen LogP contribution in [-0.4, -0.2) is 39.0 Å². The van der Waals surface area contributed by atoms with Gasteiger partial charge >= 0.3 is 0 Å². The van der Waals surface area contributed by atoms with Gasteiger partial charge in [-0.15, -0.1) is 0 Å². The zero-order valence-corrected chi connectivity index (χ0v) is 13.1. The van der Waals surface area contributed by atoms with Crippen molar-refractivity contribution in [2.24, 2.45) is 16.6 Å². The normalized spacial score (nSPS) is 26.7. The second kappa shape index (κ2) is 5.45. The van der Waals surface area contributed by atoms with Crippen molar-refractivity contribution in [3.8, 4) is 0 Å². The number of aromatic nitrogens is 3. The van der Waals surface area contributed by atoms with Crippen LogP contribution in [0.5, 0.6) is 0 Å². The molecule has 4 rings (SSSR count). The Morgan fingerprint density at radius 1 is 1.26 bits per heavy atom. The molecule has 0 radical (unpaired) electrons. The smallest absolute Gasteiger partial charge is 0.225 e. The van der Waals surface area contributed by atoms with Gasteiger partial charge in [-0.1, -0.05) is 17.8 Å². The highest BCUT2D eigenvalue weighted by molar-refractivity contribution is 8.13. The van der Waals surface area contributed by atoms with Crippen LogP contribution in [0.4, 0.5) is 10.3 Å². The van der Waals surface area contributed by atoms with E-state index in [0.717, 1.165) is 18.0 Å². The highest BCUT2D eigenvalue weighted by atomic mass is 32.2. The van der Waals surface area contributed by atoms with Gasteiger partial charge in [-0.3, -0.25) is 4.98 Å². The van der Waals surface area contributed by atoms with Gasteiger partial charge in [-0.05, 0) is 12.1 Å². The van der Waals surface area contributed by atoms with E-state index in [1.807, 2.05) is 23.1 Å². The van der Waals surface area contributed by atoms with E-state index < -0.39 is 11.4 Å². The van der Waals surface area contributed by atoms with Crippen LogP contribution in [0.25, 0.3) is 0 Å². The second-order valence-corrected chi connectivity index (χ2v) is 6.72. The van der Waals surface area contributed by atoms with Gasteiger partial charge in [-0.2, -0.15) is 0 Å². The summed E-state index contributed by atoms with van der Waals surface area (Å²) < 4.78 is 13.1. The fourth-order valence-corrected chi connectivity index (χ4v) is 4.20. The van der Waals surface area contributed by atoms with Gasteiger partial charge < -0.3 is 10.6 Å². The lowest BCUT2D eigenvalue weighted by molar-refractivity contribution is 0.377. The van der Waals surface area contributed by atoms with E-state index in [0.29, 0.717) is 17.7 Å². The third kappa shape index (κ3) is 2.42. The van der Waals surface area contributed by atoms with Crippen molar-refractivity contribution in [3.05, 3.63) is 48.3 Å². The standard InChI is InChI=1S/C15H15FN6S/c16-11-5-19-14(20-6-11)22-7-10-8-23-13(17)21-15(10,9-22)12-3-1-2-4-18-12/h1-6,10H,7-9H2,(H2,17,21)/t10-,15?/m0/s1. The number of nitrogens with two attached hydrogens (primary N) is 1. The quantitative estimate of drug-likeness (QED) is 0.897. The molecule has 0 spiro atoms. The Morgan fingerprint density at radius 2 is 2.09 bits per heavy atom. The monoisotopic (exact) mass is 330 g/mol. The van der Waals surface area contributed by atoms with Crippen LogP contribution in [0.2, 0.25) is 0 Å². The second-order valence-electron chi connectivity index (χ2n) is 5.68. The molecule has 23 heavy (non-hydrogen) atoms. The first-order chi connectivity index (χ1) is 11.2. The molecule has 4 heterocycles. The molecule has 0 amide bonds. The number of amidine groups is 1. The Morgan fingerprint density at radius 3 is 2.83 bits per heavy atom. The molecule has 1 saturated heterocycles. The molecule has 2 N–H and O–H groups in total. The topological polar surface area (TPSA) is 80.3 Å². The van der Waals surface area contributed by atoms with Gasteiger partial charge in [0, 0.05) is 24.4 Å². The van der Waals surface area contributed by atoms with Crippen LogP contribution in [-0.2, 0) is 5.54 Å². The highest BCUT2D eigenvalue weighted by Crippen LogP contribution is 2.45. The van der Waals surface area contributed by atoms with E-state index in [2.05, 4.69) is 15.0 Å². The predicted molar refractivity (Wildman–Crippen MR) is 87.7 cm³/mol. The minimum Gasteiger partial charge on any atom is -0.379 e. The molecule has 0 aromatic carbocycles. The largest absolute Gasteiger partial charge is 0.379 e. The first-order valence-electron chi connectivity index (χ1n) is 7.29. The summed E-state index contributed by atoms with van der Waals surface area (Å²) in [6.07, 6.45) is 4.14. The van der Waals surface area contributed by atoms with Gasteiger partial charge in [0.15, 0.2) is 11.0 Å². The Balaban J connectivity index is 1.75. The highest BCUT2D eigenvalue weighted by Gasteiger charge is 2.51. The van der Waals surface area contributed by atoms with Gasteiger partial charge in [-0.25, -0.2) is 19.4 Å². The number of anilines is 1. The summed E-state index contributed by atoms with van der Waals surface area (Å²) >= 11 is 1.56. The summed E-state index contributed by atoms with van der Waals surface area (Å²) in [7, 11) is 0. The maximum atomic E-state index is 13.1. The van der Waals surface area contributed by atoms with Crippen LogP contribution in [0.15, 0.2) is 41.8 Å². The Hall–Kier alpha value is -2.22. The summed E-state index contributed by atoms with van der Waals surface area (Å²) in [5.74, 6) is 1.18. The van der Waals surface area contributed by atoms with Crippen molar-refractivity contribution in [2.45, 2.75) is 5.54 Å². The van der Waals surface area contributed by atoms with Crippen molar-refractivity contribution in [2.75, 3.05) is 23.7 Å². The molecule has 118 valence electrons.